The molecule has 0 unspecified atom stereocenters. The van der Waals surface area contributed by atoms with Crippen LogP contribution in [0.4, 0.5) is 0 Å². The molecule has 96 valence electrons. The van der Waals surface area contributed by atoms with Gasteiger partial charge in [-0.05, 0) is 43.9 Å². The first-order chi connectivity index (χ1) is 8.22. The molecule has 1 saturated heterocycles. The Balaban J connectivity index is 1.61. The summed E-state index contributed by atoms with van der Waals surface area (Å²) in [6.45, 7) is 0.973. The molecular formula is C15H24O2. The summed E-state index contributed by atoms with van der Waals surface area (Å²) in [7, 11) is 0. The fourth-order valence-electron chi connectivity index (χ4n) is 4.02. The van der Waals surface area contributed by atoms with E-state index in [9.17, 15) is 4.79 Å². The van der Waals surface area contributed by atoms with Gasteiger partial charge >= 0.3 is 0 Å². The first-order valence-corrected chi connectivity index (χ1v) is 7.38. The van der Waals surface area contributed by atoms with E-state index in [0.29, 0.717) is 11.2 Å². The molecule has 3 aliphatic rings. The SMILES string of the molecule is O=C1CCC2(CC1)CCC1(CCCCC1)CO2. The minimum atomic E-state index is 0.0939. The van der Waals surface area contributed by atoms with Gasteiger partial charge in [0.05, 0.1) is 12.2 Å². The van der Waals surface area contributed by atoms with Crippen LogP contribution in [0.2, 0.25) is 0 Å². The predicted molar refractivity (Wildman–Crippen MR) is 66.9 cm³/mol. The third-order valence-electron chi connectivity index (χ3n) is 5.43. The van der Waals surface area contributed by atoms with Crippen LogP contribution in [0.15, 0.2) is 0 Å². The molecule has 0 atom stereocenters. The molecule has 2 spiro atoms. The first-order valence-electron chi connectivity index (χ1n) is 7.38. The number of ketones is 1. The molecule has 17 heavy (non-hydrogen) atoms. The highest BCUT2D eigenvalue weighted by Gasteiger charge is 2.45. The molecule has 3 fully saturated rings. The van der Waals surface area contributed by atoms with Gasteiger partial charge < -0.3 is 4.74 Å². The first kappa shape index (κ1) is 11.7. The van der Waals surface area contributed by atoms with E-state index in [4.69, 9.17) is 4.74 Å². The molecule has 0 bridgehead atoms. The highest BCUT2D eigenvalue weighted by atomic mass is 16.5. The average molecular weight is 236 g/mol. The van der Waals surface area contributed by atoms with E-state index < -0.39 is 0 Å². The lowest BCUT2D eigenvalue weighted by Crippen LogP contribution is -2.47. The van der Waals surface area contributed by atoms with Gasteiger partial charge in [-0.25, -0.2) is 0 Å². The zero-order valence-electron chi connectivity index (χ0n) is 10.8. The van der Waals surface area contributed by atoms with Crippen molar-refractivity contribution in [2.24, 2.45) is 5.41 Å². The van der Waals surface area contributed by atoms with Crippen molar-refractivity contribution in [1.29, 1.82) is 0 Å². The van der Waals surface area contributed by atoms with Gasteiger partial charge in [0.15, 0.2) is 0 Å². The largest absolute Gasteiger partial charge is 0.374 e. The summed E-state index contributed by atoms with van der Waals surface area (Å²) in [6.07, 6.45) is 13.0. The maximum absolute atomic E-state index is 11.3. The standard InChI is InChI=1S/C15H24O2/c16-13-4-8-15(9-5-13)11-10-14(12-17-15)6-2-1-3-7-14/h1-12H2. The Morgan fingerprint density at radius 2 is 1.53 bits per heavy atom. The van der Waals surface area contributed by atoms with Gasteiger partial charge in [0.1, 0.15) is 5.78 Å². The minimum absolute atomic E-state index is 0.0939. The van der Waals surface area contributed by atoms with Crippen molar-refractivity contribution in [2.75, 3.05) is 6.61 Å². The highest BCUT2D eigenvalue weighted by molar-refractivity contribution is 5.79. The molecule has 0 amide bonds. The van der Waals surface area contributed by atoms with Crippen molar-refractivity contribution >= 4 is 5.78 Å². The monoisotopic (exact) mass is 236 g/mol. The molecule has 0 N–H and O–H groups in total. The molecule has 0 aromatic heterocycles. The highest BCUT2D eigenvalue weighted by Crippen LogP contribution is 2.49. The minimum Gasteiger partial charge on any atom is -0.374 e. The number of hydrogen-bond acceptors (Lipinski definition) is 2. The van der Waals surface area contributed by atoms with E-state index in [1.165, 1.54) is 44.9 Å². The lowest BCUT2D eigenvalue weighted by atomic mass is 9.66. The van der Waals surface area contributed by atoms with Gasteiger partial charge in [-0.2, -0.15) is 0 Å². The molecule has 0 aromatic carbocycles. The maximum atomic E-state index is 11.3. The smallest absolute Gasteiger partial charge is 0.133 e. The van der Waals surface area contributed by atoms with E-state index in [-0.39, 0.29) is 5.60 Å². The molecular weight excluding hydrogens is 212 g/mol. The van der Waals surface area contributed by atoms with E-state index in [1.54, 1.807) is 0 Å². The van der Waals surface area contributed by atoms with Crippen LogP contribution >= 0.6 is 0 Å². The van der Waals surface area contributed by atoms with Crippen LogP contribution in [0.3, 0.4) is 0 Å². The van der Waals surface area contributed by atoms with Gasteiger partial charge in [0, 0.05) is 12.8 Å². The lowest BCUT2D eigenvalue weighted by molar-refractivity contribution is -0.162. The fourth-order valence-corrected chi connectivity index (χ4v) is 4.02. The van der Waals surface area contributed by atoms with Crippen molar-refractivity contribution in [2.45, 2.75) is 76.2 Å². The van der Waals surface area contributed by atoms with Crippen LogP contribution in [-0.2, 0) is 9.53 Å². The molecule has 2 nitrogen and oxygen atoms in total. The Morgan fingerprint density at radius 3 is 2.12 bits per heavy atom. The van der Waals surface area contributed by atoms with Crippen molar-refractivity contribution in [3.63, 3.8) is 0 Å². The number of rotatable bonds is 0. The summed E-state index contributed by atoms with van der Waals surface area (Å²) in [5, 5.41) is 0. The molecule has 3 rings (SSSR count). The summed E-state index contributed by atoms with van der Waals surface area (Å²) < 4.78 is 6.30. The Kier molecular flexibility index (Phi) is 3.02. The molecule has 0 aromatic rings. The van der Waals surface area contributed by atoms with Gasteiger partial charge in [-0.15, -0.1) is 0 Å². The van der Waals surface area contributed by atoms with E-state index in [2.05, 4.69) is 0 Å². The topological polar surface area (TPSA) is 26.3 Å². The number of hydrogen-bond donors (Lipinski definition) is 0. The second kappa shape index (κ2) is 4.38. The molecule has 0 radical (unpaired) electrons. The quantitative estimate of drug-likeness (QED) is 0.642. The van der Waals surface area contributed by atoms with Gasteiger partial charge in [0.2, 0.25) is 0 Å². The van der Waals surface area contributed by atoms with Crippen LogP contribution in [0, 0.1) is 5.41 Å². The zero-order valence-corrected chi connectivity index (χ0v) is 10.8. The number of Topliss-reactive ketones (excluding diaryl/α,β-unsaturated/α-hetero) is 1. The molecule has 2 saturated carbocycles. The van der Waals surface area contributed by atoms with Crippen molar-refractivity contribution < 1.29 is 9.53 Å². The van der Waals surface area contributed by atoms with Gasteiger partial charge in [-0.3, -0.25) is 4.79 Å². The third-order valence-corrected chi connectivity index (χ3v) is 5.43. The summed E-state index contributed by atoms with van der Waals surface area (Å²) >= 11 is 0. The summed E-state index contributed by atoms with van der Waals surface area (Å²) in [5.74, 6) is 0.442. The summed E-state index contributed by atoms with van der Waals surface area (Å²) in [4.78, 5) is 11.3. The predicted octanol–water partition coefficient (Wildman–Crippen LogP) is 3.63. The molecule has 2 heteroatoms. The maximum Gasteiger partial charge on any atom is 0.133 e. The van der Waals surface area contributed by atoms with Gasteiger partial charge in [0.25, 0.3) is 0 Å². The number of carbonyl (C=O) groups is 1. The summed E-state index contributed by atoms with van der Waals surface area (Å²) in [5.41, 5.74) is 0.613. The number of ether oxygens (including phenoxy) is 1. The van der Waals surface area contributed by atoms with E-state index >= 15 is 0 Å². The van der Waals surface area contributed by atoms with Crippen LogP contribution in [0.25, 0.3) is 0 Å². The van der Waals surface area contributed by atoms with Crippen LogP contribution < -0.4 is 0 Å². The van der Waals surface area contributed by atoms with Crippen LogP contribution in [0.1, 0.15) is 70.6 Å². The van der Waals surface area contributed by atoms with Crippen LogP contribution in [0.5, 0.6) is 0 Å². The lowest BCUT2D eigenvalue weighted by Gasteiger charge is -2.49. The van der Waals surface area contributed by atoms with Gasteiger partial charge in [-0.1, -0.05) is 19.3 Å². The average Bonchev–Trinajstić information content (AvgIpc) is 2.38. The van der Waals surface area contributed by atoms with Crippen molar-refractivity contribution in [3.8, 4) is 0 Å². The van der Waals surface area contributed by atoms with Crippen LogP contribution in [-0.4, -0.2) is 18.0 Å². The molecule has 2 aliphatic carbocycles. The second-order valence-corrected chi connectivity index (χ2v) is 6.57. The molecule has 1 aliphatic heterocycles. The van der Waals surface area contributed by atoms with E-state index in [1.807, 2.05) is 0 Å². The second-order valence-electron chi connectivity index (χ2n) is 6.57. The Bertz CT molecular complexity index is 280. The zero-order chi connectivity index (χ0) is 11.8. The summed E-state index contributed by atoms with van der Waals surface area (Å²) in [6, 6.07) is 0. The van der Waals surface area contributed by atoms with Crippen molar-refractivity contribution in [3.05, 3.63) is 0 Å². The normalized spacial score (nSPS) is 31.9. The Hall–Kier alpha value is -0.370. The van der Waals surface area contributed by atoms with E-state index in [0.717, 1.165) is 32.3 Å². The van der Waals surface area contributed by atoms with Crippen molar-refractivity contribution in [1.82, 2.24) is 0 Å². The third kappa shape index (κ3) is 2.29. The number of carbonyl (C=O) groups excluding carboxylic acids is 1. The Labute approximate surface area is 104 Å². The molecule has 1 heterocycles. The Morgan fingerprint density at radius 1 is 0.824 bits per heavy atom. The fraction of sp³-hybridized carbons (Fsp3) is 0.933.